The van der Waals surface area contributed by atoms with Crippen molar-refractivity contribution in [2.45, 2.75) is 57.1 Å². The van der Waals surface area contributed by atoms with Crippen LogP contribution in [0.2, 0.25) is 0 Å². The van der Waals surface area contributed by atoms with E-state index in [4.69, 9.17) is 11.6 Å². The Morgan fingerprint density at radius 3 is 2.80 bits per heavy atom. The number of aliphatic hydroxyl groups excluding tert-OH is 1. The third-order valence-electron chi connectivity index (χ3n) is 3.02. The molecule has 0 spiro atoms. The van der Waals surface area contributed by atoms with Crippen molar-refractivity contribution in [1.29, 1.82) is 0 Å². The molecule has 88 valence electrons. The molecule has 1 saturated heterocycles. The molecule has 1 aliphatic rings. The molecule has 0 unspecified atom stereocenters. The van der Waals surface area contributed by atoms with Crippen LogP contribution in [0.3, 0.4) is 0 Å². The van der Waals surface area contributed by atoms with E-state index in [1.165, 1.54) is 0 Å². The van der Waals surface area contributed by atoms with Crippen LogP contribution < -0.4 is 0 Å². The quantitative estimate of drug-likeness (QED) is 0.755. The Morgan fingerprint density at radius 2 is 2.27 bits per heavy atom. The van der Waals surface area contributed by atoms with Gasteiger partial charge < -0.3 is 10.0 Å². The number of amides is 1. The second-order valence-corrected chi connectivity index (χ2v) is 4.74. The fraction of sp³-hybridized carbons (Fsp3) is 0.909. The zero-order valence-electron chi connectivity index (χ0n) is 9.45. The monoisotopic (exact) mass is 233 g/mol. The van der Waals surface area contributed by atoms with Gasteiger partial charge in [-0.2, -0.15) is 0 Å². The molecule has 1 aliphatic heterocycles. The van der Waals surface area contributed by atoms with E-state index in [2.05, 4.69) is 0 Å². The molecule has 0 bridgehead atoms. The zero-order valence-corrected chi connectivity index (χ0v) is 10.2. The van der Waals surface area contributed by atoms with E-state index in [1.54, 1.807) is 11.8 Å². The number of carbonyl (C=O) groups is 1. The standard InChI is InChI=1S/C11H20ClNO2/c1-3-9(12)11(15)13-7-5-4-6-10(13)8(2)14/h8-10,14H,3-7H2,1-2H3/t8-,9-,10+/m0/s1. The van der Waals surface area contributed by atoms with Crippen molar-refractivity contribution in [2.75, 3.05) is 6.54 Å². The van der Waals surface area contributed by atoms with Crippen LogP contribution >= 0.6 is 11.6 Å². The van der Waals surface area contributed by atoms with E-state index >= 15 is 0 Å². The van der Waals surface area contributed by atoms with Crippen molar-refractivity contribution in [1.82, 2.24) is 4.90 Å². The van der Waals surface area contributed by atoms with Crippen LogP contribution in [0.5, 0.6) is 0 Å². The molecule has 0 aromatic rings. The highest BCUT2D eigenvalue weighted by molar-refractivity contribution is 6.30. The van der Waals surface area contributed by atoms with E-state index in [0.29, 0.717) is 6.42 Å². The van der Waals surface area contributed by atoms with Gasteiger partial charge in [0.15, 0.2) is 0 Å². The minimum absolute atomic E-state index is 0.0234. The summed E-state index contributed by atoms with van der Waals surface area (Å²) in [6.07, 6.45) is 3.16. The Morgan fingerprint density at radius 1 is 1.60 bits per heavy atom. The smallest absolute Gasteiger partial charge is 0.240 e. The van der Waals surface area contributed by atoms with E-state index in [0.717, 1.165) is 25.8 Å². The zero-order chi connectivity index (χ0) is 11.4. The van der Waals surface area contributed by atoms with Gasteiger partial charge in [-0.25, -0.2) is 0 Å². The van der Waals surface area contributed by atoms with Gasteiger partial charge in [0.25, 0.3) is 0 Å². The van der Waals surface area contributed by atoms with Crippen LogP contribution in [0.15, 0.2) is 0 Å². The van der Waals surface area contributed by atoms with E-state index < -0.39 is 11.5 Å². The van der Waals surface area contributed by atoms with Crippen LogP contribution in [0.4, 0.5) is 0 Å². The molecular weight excluding hydrogens is 214 g/mol. The maximum Gasteiger partial charge on any atom is 0.240 e. The van der Waals surface area contributed by atoms with Crippen molar-refractivity contribution in [3.63, 3.8) is 0 Å². The fourth-order valence-electron chi connectivity index (χ4n) is 2.09. The van der Waals surface area contributed by atoms with Gasteiger partial charge in [-0.1, -0.05) is 6.92 Å². The molecule has 3 atom stereocenters. The normalized spacial score (nSPS) is 26.1. The first-order valence-electron chi connectivity index (χ1n) is 5.70. The van der Waals surface area contributed by atoms with Gasteiger partial charge in [-0.15, -0.1) is 11.6 Å². The lowest BCUT2D eigenvalue weighted by atomic mass is 9.97. The highest BCUT2D eigenvalue weighted by Gasteiger charge is 2.32. The first-order chi connectivity index (χ1) is 7.07. The number of nitrogens with zero attached hydrogens (tertiary/aromatic N) is 1. The minimum Gasteiger partial charge on any atom is -0.391 e. The van der Waals surface area contributed by atoms with Crippen LogP contribution in [-0.2, 0) is 4.79 Å². The summed E-state index contributed by atoms with van der Waals surface area (Å²) in [5.74, 6) is -0.0234. The number of halogens is 1. The molecule has 0 aliphatic carbocycles. The molecule has 3 nitrogen and oxygen atoms in total. The number of carbonyl (C=O) groups excluding carboxylic acids is 1. The topological polar surface area (TPSA) is 40.5 Å². The van der Waals surface area contributed by atoms with Gasteiger partial charge in [0.05, 0.1) is 12.1 Å². The summed E-state index contributed by atoms with van der Waals surface area (Å²) in [7, 11) is 0. The lowest BCUT2D eigenvalue weighted by molar-refractivity contribution is -0.137. The Kier molecular flexibility index (Phi) is 4.87. The van der Waals surface area contributed by atoms with Gasteiger partial charge in [0, 0.05) is 6.54 Å². The van der Waals surface area contributed by atoms with Gasteiger partial charge in [0.2, 0.25) is 5.91 Å². The summed E-state index contributed by atoms with van der Waals surface area (Å²) in [6.45, 7) is 4.37. The molecule has 0 radical (unpaired) electrons. The average Bonchev–Trinajstić information content (AvgIpc) is 2.27. The average molecular weight is 234 g/mol. The predicted octanol–water partition coefficient (Wildman–Crippen LogP) is 1.77. The molecule has 1 N–H and O–H groups in total. The molecule has 15 heavy (non-hydrogen) atoms. The van der Waals surface area contributed by atoms with Crippen molar-refractivity contribution in [2.24, 2.45) is 0 Å². The number of aliphatic hydroxyl groups is 1. The van der Waals surface area contributed by atoms with Crippen LogP contribution in [0.1, 0.15) is 39.5 Å². The van der Waals surface area contributed by atoms with Crippen molar-refractivity contribution < 1.29 is 9.90 Å². The van der Waals surface area contributed by atoms with Crippen molar-refractivity contribution in [3.05, 3.63) is 0 Å². The molecular formula is C11H20ClNO2. The summed E-state index contributed by atoms with van der Waals surface area (Å²) >= 11 is 5.95. The van der Waals surface area contributed by atoms with E-state index in [-0.39, 0.29) is 11.9 Å². The first-order valence-corrected chi connectivity index (χ1v) is 6.14. The van der Waals surface area contributed by atoms with Crippen LogP contribution in [-0.4, -0.2) is 40.0 Å². The van der Waals surface area contributed by atoms with E-state index in [1.807, 2.05) is 6.92 Å². The second-order valence-electron chi connectivity index (χ2n) is 4.21. The maximum atomic E-state index is 11.9. The SMILES string of the molecule is CC[C@H](Cl)C(=O)N1CCCC[C@@H]1[C@H](C)O. The third-order valence-corrected chi connectivity index (χ3v) is 3.51. The fourth-order valence-corrected chi connectivity index (χ4v) is 2.21. The third kappa shape index (κ3) is 3.08. The Labute approximate surface area is 96.4 Å². The van der Waals surface area contributed by atoms with Gasteiger partial charge in [-0.05, 0) is 32.6 Å². The van der Waals surface area contributed by atoms with Crippen molar-refractivity contribution >= 4 is 17.5 Å². The molecule has 0 aromatic heterocycles. The predicted molar refractivity (Wildman–Crippen MR) is 61.0 cm³/mol. The summed E-state index contributed by atoms with van der Waals surface area (Å²) in [4.78, 5) is 13.7. The Balaban J connectivity index is 2.67. The van der Waals surface area contributed by atoms with Gasteiger partial charge in [-0.3, -0.25) is 4.79 Å². The number of alkyl halides is 1. The lowest BCUT2D eigenvalue weighted by Crippen LogP contribution is -2.51. The van der Waals surface area contributed by atoms with Gasteiger partial charge in [0.1, 0.15) is 5.38 Å². The minimum atomic E-state index is -0.463. The number of hydrogen-bond acceptors (Lipinski definition) is 2. The Bertz CT molecular complexity index is 221. The number of rotatable bonds is 3. The molecule has 0 saturated carbocycles. The first kappa shape index (κ1) is 12.8. The highest BCUT2D eigenvalue weighted by Crippen LogP contribution is 2.22. The molecule has 4 heteroatoms. The molecule has 1 rings (SSSR count). The largest absolute Gasteiger partial charge is 0.391 e. The number of hydrogen-bond donors (Lipinski definition) is 1. The van der Waals surface area contributed by atoms with Crippen molar-refractivity contribution in [3.8, 4) is 0 Å². The second kappa shape index (κ2) is 5.71. The van der Waals surface area contributed by atoms with E-state index in [9.17, 15) is 9.90 Å². The number of piperidine rings is 1. The number of likely N-dealkylation sites (tertiary alicyclic amines) is 1. The molecule has 0 aromatic carbocycles. The maximum absolute atomic E-state index is 11.9. The molecule has 1 amide bonds. The summed E-state index contributed by atoms with van der Waals surface area (Å²) < 4.78 is 0. The molecule has 1 fully saturated rings. The lowest BCUT2D eigenvalue weighted by Gasteiger charge is -2.38. The van der Waals surface area contributed by atoms with Crippen LogP contribution in [0, 0.1) is 0 Å². The summed E-state index contributed by atoms with van der Waals surface area (Å²) in [5, 5.41) is 9.17. The molecule has 1 heterocycles. The summed E-state index contributed by atoms with van der Waals surface area (Å²) in [6, 6.07) is -0.0425. The summed E-state index contributed by atoms with van der Waals surface area (Å²) in [5.41, 5.74) is 0. The van der Waals surface area contributed by atoms with Gasteiger partial charge >= 0.3 is 0 Å². The Hall–Kier alpha value is -0.280. The van der Waals surface area contributed by atoms with Crippen LogP contribution in [0.25, 0.3) is 0 Å². The highest BCUT2D eigenvalue weighted by atomic mass is 35.5.